The summed E-state index contributed by atoms with van der Waals surface area (Å²) in [6, 6.07) is 20.8. The van der Waals surface area contributed by atoms with Crippen LogP contribution in [0, 0.1) is 19.8 Å². The Morgan fingerprint density at radius 1 is 0.978 bits per heavy atom. The molecule has 0 spiro atoms. The maximum Gasteiger partial charge on any atom is 0.335 e. The largest absolute Gasteiger partial charge is 0.478 e. The molecule has 3 aromatic carbocycles. The molecule has 0 unspecified atom stereocenters. The van der Waals surface area contributed by atoms with Gasteiger partial charge < -0.3 is 20.3 Å². The minimum atomic E-state index is -0.902. The lowest BCUT2D eigenvalue weighted by Crippen LogP contribution is -2.55. The summed E-state index contributed by atoms with van der Waals surface area (Å²) in [5.41, 5.74) is 9.04. The number of piperidine rings is 2. The monoisotopic (exact) mass is 605 g/mol. The number of aryl methyl sites for hydroxylation is 2. The number of benzene rings is 3. The number of carboxylic acid groups (broad SMARTS) is 1. The summed E-state index contributed by atoms with van der Waals surface area (Å²) in [7, 11) is 0. The molecule has 1 amide bonds. The number of H-pyrrole nitrogens is 1. The topological polar surface area (TPSA) is 85.4 Å². The third-order valence-corrected chi connectivity index (χ3v) is 10.3. The lowest BCUT2D eigenvalue weighted by molar-refractivity contribution is -0.144. The van der Waals surface area contributed by atoms with E-state index in [1.807, 2.05) is 12.1 Å². The first kappa shape index (κ1) is 31.1. The molecule has 4 aromatic rings. The fourth-order valence-corrected chi connectivity index (χ4v) is 7.72. The van der Waals surface area contributed by atoms with Crippen molar-refractivity contribution in [3.05, 3.63) is 94.0 Å². The number of carbonyl (C=O) groups excluding carboxylic acids is 1. The molecule has 2 aliphatic heterocycles. The van der Waals surface area contributed by atoms with Gasteiger partial charge in [-0.3, -0.25) is 4.79 Å². The van der Waals surface area contributed by atoms with Gasteiger partial charge in [-0.15, -0.1) is 0 Å². The maximum absolute atomic E-state index is 14.1. The second kappa shape index (κ2) is 12.5. The van der Waals surface area contributed by atoms with Crippen molar-refractivity contribution >= 4 is 22.8 Å². The number of hydrogen-bond acceptors (Lipinski definition) is 3. The normalized spacial score (nSPS) is 18.8. The number of hydrogen-bond donors (Lipinski definition) is 3. The Balaban J connectivity index is 1.29. The lowest BCUT2D eigenvalue weighted by Gasteiger charge is -2.47. The van der Waals surface area contributed by atoms with Crippen LogP contribution in [-0.4, -0.2) is 52.5 Å². The molecule has 7 rings (SSSR count). The first-order valence-corrected chi connectivity index (χ1v) is 16.6. The number of carbonyl (C=O) groups is 2. The predicted molar refractivity (Wildman–Crippen MR) is 182 cm³/mol. The average molecular weight is 606 g/mol. The average Bonchev–Trinajstić information content (AvgIpc) is 3.42. The number of aromatic amines is 1. The molecule has 2 saturated heterocycles. The van der Waals surface area contributed by atoms with Gasteiger partial charge in [0.15, 0.2) is 0 Å². The molecule has 1 saturated carbocycles. The summed E-state index contributed by atoms with van der Waals surface area (Å²) < 4.78 is 0. The fraction of sp³-hybridized carbons (Fsp3) is 0.436. The molecule has 3 aliphatic rings. The van der Waals surface area contributed by atoms with Crippen LogP contribution in [0.3, 0.4) is 0 Å². The number of fused-ring (bicyclic) bond motifs is 4. The molecule has 45 heavy (non-hydrogen) atoms. The molecule has 0 radical (unpaired) electrons. The first-order valence-electron chi connectivity index (χ1n) is 16.6. The van der Waals surface area contributed by atoms with Crippen LogP contribution in [0.15, 0.2) is 60.7 Å². The molecular formula is C39H47N3O3. The molecule has 3 heterocycles. The number of aromatic nitrogens is 1. The minimum Gasteiger partial charge on any atom is -0.478 e. The molecule has 1 atom stereocenters. The van der Waals surface area contributed by atoms with Gasteiger partial charge in [-0.25, -0.2) is 4.79 Å². The van der Waals surface area contributed by atoms with Gasteiger partial charge in [0.2, 0.25) is 5.91 Å². The minimum absolute atomic E-state index is 0.204. The Bertz CT molecular complexity index is 1690. The van der Waals surface area contributed by atoms with Gasteiger partial charge in [0.05, 0.1) is 16.7 Å². The summed E-state index contributed by atoms with van der Waals surface area (Å²) in [5, 5.41) is 14.0. The van der Waals surface area contributed by atoms with Crippen LogP contribution in [0.2, 0.25) is 0 Å². The van der Waals surface area contributed by atoms with Gasteiger partial charge in [0, 0.05) is 30.0 Å². The molecule has 6 heteroatoms. The standard InChI is InChI=1S/C39H47N3O3/c1-24-18-25(2)20-30(19-24)36-35(26(3)22-40-17-16-27-6-10-29(11-7-27)37(43)44)33-21-31(12-15-34(33)41-36)39(4,5)38(45)42-23-28-8-13-32(42)14-9-28/h6-7,10-12,15,18-21,26,28,32,40-41H,8-9,13-14,16-17,22-23H2,1-5H3,(H,43,44)/t26-,28?,32?/m0/s1. The van der Waals surface area contributed by atoms with Gasteiger partial charge in [0.25, 0.3) is 0 Å². The summed E-state index contributed by atoms with van der Waals surface area (Å²) in [4.78, 5) is 31.3. The molecule has 3 fully saturated rings. The van der Waals surface area contributed by atoms with Gasteiger partial charge in [-0.2, -0.15) is 0 Å². The first-order chi connectivity index (χ1) is 21.5. The van der Waals surface area contributed by atoms with Crippen molar-refractivity contribution in [1.82, 2.24) is 15.2 Å². The van der Waals surface area contributed by atoms with E-state index in [1.165, 1.54) is 40.5 Å². The van der Waals surface area contributed by atoms with Crippen molar-refractivity contribution in [2.75, 3.05) is 19.6 Å². The van der Waals surface area contributed by atoms with Gasteiger partial charge in [0.1, 0.15) is 0 Å². The SMILES string of the molecule is Cc1cc(C)cc(-c2[nH]c3ccc(C(C)(C)C(=O)N4CC5CCC4CC5)cc3c2[C@@H](C)CNCCc2ccc(C(=O)O)cc2)c1. The Labute approximate surface area is 267 Å². The van der Waals surface area contributed by atoms with Crippen LogP contribution >= 0.6 is 0 Å². The van der Waals surface area contributed by atoms with Crippen molar-refractivity contribution in [3.8, 4) is 11.3 Å². The van der Waals surface area contributed by atoms with Crippen LogP contribution < -0.4 is 5.32 Å². The molecule has 236 valence electrons. The number of nitrogens with one attached hydrogen (secondary N) is 2. The quantitative estimate of drug-likeness (QED) is 0.161. The van der Waals surface area contributed by atoms with Gasteiger partial charge >= 0.3 is 5.97 Å². The summed E-state index contributed by atoms with van der Waals surface area (Å²) in [6.07, 6.45) is 5.63. The molecule has 2 bridgehead atoms. The van der Waals surface area contributed by atoms with E-state index in [9.17, 15) is 14.7 Å². The second-order valence-corrected chi connectivity index (χ2v) is 14.2. The third kappa shape index (κ3) is 6.30. The van der Waals surface area contributed by atoms with Crippen LogP contribution in [0.1, 0.15) is 90.5 Å². The number of amides is 1. The number of carboxylic acids is 1. The smallest absolute Gasteiger partial charge is 0.335 e. The van der Waals surface area contributed by atoms with Crippen molar-refractivity contribution in [2.45, 2.75) is 84.1 Å². The Morgan fingerprint density at radius 3 is 2.29 bits per heavy atom. The van der Waals surface area contributed by atoms with E-state index in [1.54, 1.807) is 12.1 Å². The zero-order valence-corrected chi connectivity index (χ0v) is 27.4. The van der Waals surface area contributed by atoms with Crippen molar-refractivity contribution in [2.24, 2.45) is 5.92 Å². The molecule has 1 aromatic heterocycles. The number of aromatic carboxylic acids is 1. The van der Waals surface area contributed by atoms with E-state index in [4.69, 9.17) is 0 Å². The molecule has 3 N–H and O–H groups in total. The van der Waals surface area contributed by atoms with Gasteiger partial charge in [-0.1, -0.05) is 42.3 Å². The van der Waals surface area contributed by atoms with Crippen LogP contribution in [0.5, 0.6) is 0 Å². The molecule has 1 aliphatic carbocycles. The Kier molecular flexibility index (Phi) is 8.62. The highest BCUT2D eigenvalue weighted by atomic mass is 16.4. The van der Waals surface area contributed by atoms with Crippen LogP contribution in [0.4, 0.5) is 0 Å². The predicted octanol–water partition coefficient (Wildman–Crippen LogP) is 7.76. The molecular weight excluding hydrogens is 558 g/mol. The number of nitrogens with zero attached hydrogens (tertiary/aromatic N) is 1. The van der Waals surface area contributed by atoms with Crippen molar-refractivity contribution in [1.29, 1.82) is 0 Å². The summed E-state index contributed by atoms with van der Waals surface area (Å²) >= 11 is 0. The number of rotatable bonds is 10. The highest BCUT2D eigenvalue weighted by Crippen LogP contribution is 2.41. The zero-order chi connectivity index (χ0) is 31.9. The summed E-state index contributed by atoms with van der Waals surface area (Å²) in [6.45, 7) is 13.3. The van der Waals surface area contributed by atoms with E-state index in [-0.39, 0.29) is 11.8 Å². The van der Waals surface area contributed by atoms with E-state index >= 15 is 0 Å². The van der Waals surface area contributed by atoms with E-state index in [0.29, 0.717) is 17.5 Å². The highest BCUT2D eigenvalue weighted by Gasteiger charge is 2.42. The van der Waals surface area contributed by atoms with E-state index in [2.05, 4.69) is 86.2 Å². The van der Waals surface area contributed by atoms with Crippen molar-refractivity contribution in [3.63, 3.8) is 0 Å². The highest BCUT2D eigenvalue weighted by molar-refractivity contribution is 5.95. The third-order valence-electron chi connectivity index (χ3n) is 10.3. The zero-order valence-electron chi connectivity index (χ0n) is 27.4. The van der Waals surface area contributed by atoms with Crippen molar-refractivity contribution < 1.29 is 14.7 Å². The Morgan fingerprint density at radius 2 is 1.67 bits per heavy atom. The van der Waals surface area contributed by atoms with E-state index < -0.39 is 11.4 Å². The van der Waals surface area contributed by atoms with Crippen LogP contribution in [-0.2, 0) is 16.6 Å². The molecule has 6 nitrogen and oxygen atoms in total. The maximum atomic E-state index is 14.1. The van der Waals surface area contributed by atoms with Crippen LogP contribution in [0.25, 0.3) is 22.2 Å². The fourth-order valence-electron chi connectivity index (χ4n) is 7.72. The second-order valence-electron chi connectivity index (χ2n) is 14.2. The Hall–Kier alpha value is -3.90. The lowest BCUT2D eigenvalue weighted by atomic mass is 9.76. The van der Waals surface area contributed by atoms with E-state index in [0.717, 1.165) is 61.2 Å². The summed E-state index contributed by atoms with van der Waals surface area (Å²) in [5.74, 6) is 0.220. The van der Waals surface area contributed by atoms with Gasteiger partial charge in [-0.05, 0) is 137 Å².